The Hall–Kier alpha value is -3.82. The number of nitrogens with two attached hydrogens (primary N) is 1. The van der Waals surface area contributed by atoms with Gasteiger partial charge in [0.25, 0.3) is 5.91 Å². The summed E-state index contributed by atoms with van der Waals surface area (Å²) >= 11 is 0. The molecule has 1 atom stereocenters. The minimum atomic E-state index is -4.68. The zero-order valence-electron chi connectivity index (χ0n) is 15.6. The van der Waals surface area contributed by atoms with Gasteiger partial charge >= 0.3 is 6.18 Å². The number of hydrogen-bond acceptors (Lipinski definition) is 6. The number of carbonyl (C=O) groups is 1. The summed E-state index contributed by atoms with van der Waals surface area (Å²) in [6, 6.07) is 10.1. The van der Waals surface area contributed by atoms with Crippen molar-refractivity contribution in [3.05, 3.63) is 78.1 Å². The van der Waals surface area contributed by atoms with Crippen molar-refractivity contribution in [3.63, 3.8) is 0 Å². The first-order chi connectivity index (χ1) is 14.2. The molecule has 0 spiro atoms. The topological polar surface area (TPSA) is 97.4 Å². The second-order valence-electron chi connectivity index (χ2n) is 6.66. The second-order valence-corrected chi connectivity index (χ2v) is 6.66. The Kier molecular flexibility index (Phi) is 4.49. The number of likely N-dealkylation sites (N-methyl/N-ethyl adjacent to an activating group) is 1. The van der Waals surface area contributed by atoms with Crippen LogP contribution in [-0.2, 0) is 16.5 Å². The third kappa shape index (κ3) is 3.06. The highest BCUT2D eigenvalue weighted by molar-refractivity contribution is 6.08. The molecule has 7 nitrogen and oxygen atoms in total. The van der Waals surface area contributed by atoms with E-state index in [2.05, 4.69) is 19.9 Å². The van der Waals surface area contributed by atoms with E-state index in [0.29, 0.717) is 16.7 Å². The van der Waals surface area contributed by atoms with E-state index in [0.717, 1.165) is 11.0 Å². The van der Waals surface area contributed by atoms with Crippen LogP contribution in [0, 0.1) is 0 Å². The fraction of sp³-hybridized carbons (Fsp3) is 0.150. The maximum absolute atomic E-state index is 13.3. The van der Waals surface area contributed by atoms with E-state index in [1.165, 1.54) is 25.5 Å². The standard InChI is InChI=1S/C20H15F3N6O/c1-29-17(30)19(28-18(29)24,15-6-3-7-16(27-15)20(21,22)23)14-5-2-4-12(8-14)13-9-25-11-26-10-13/h2-11H,1H3,(H2,24,28). The number of benzene rings is 1. The number of rotatable bonds is 3. The number of amides is 1. The van der Waals surface area contributed by atoms with E-state index in [1.807, 2.05) is 0 Å². The van der Waals surface area contributed by atoms with Gasteiger partial charge in [-0.25, -0.2) is 19.9 Å². The van der Waals surface area contributed by atoms with E-state index in [4.69, 9.17) is 5.73 Å². The van der Waals surface area contributed by atoms with E-state index >= 15 is 0 Å². The number of halogens is 3. The van der Waals surface area contributed by atoms with Gasteiger partial charge in [0, 0.05) is 25.0 Å². The lowest BCUT2D eigenvalue weighted by atomic mass is 9.84. The Balaban J connectivity index is 1.95. The number of pyridine rings is 1. The van der Waals surface area contributed by atoms with Gasteiger partial charge in [-0.2, -0.15) is 13.2 Å². The molecule has 2 N–H and O–H groups in total. The van der Waals surface area contributed by atoms with Gasteiger partial charge in [-0.15, -0.1) is 0 Å². The second kappa shape index (κ2) is 6.90. The van der Waals surface area contributed by atoms with Gasteiger partial charge in [0.15, 0.2) is 5.96 Å². The number of hydrogen-bond donors (Lipinski definition) is 1. The van der Waals surface area contributed by atoms with Crippen LogP contribution in [0.3, 0.4) is 0 Å². The molecule has 0 saturated heterocycles. The van der Waals surface area contributed by atoms with Gasteiger partial charge in [0.2, 0.25) is 5.54 Å². The summed E-state index contributed by atoms with van der Waals surface area (Å²) in [4.78, 5) is 30.3. The molecule has 1 aliphatic rings. The van der Waals surface area contributed by atoms with Crippen LogP contribution in [0.2, 0.25) is 0 Å². The molecule has 152 valence electrons. The van der Waals surface area contributed by atoms with Crippen molar-refractivity contribution in [1.29, 1.82) is 0 Å². The SMILES string of the molecule is CN1C(=O)C(c2cccc(-c3cncnc3)c2)(c2cccc(C(F)(F)F)n2)N=C1N. The van der Waals surface area contributed by atoms with Crippen molar-refractivity contribution in [2.45, 2.75) is 11.7 Å². The average molecular weight is 412 g/mol. The lowest BCUT2D eigenvalue weighted by molar-refractivity contribution is -0.141. The van der Waals surface area contributed by atoms with E-state index < -0.39 is 23.3 Å². The van der Waals surface area contributed by atoms with Crippen molar-refractivity contribution < 1.29 is 18.0 Å². The van der Waals surface area contributed by atoms with Gasteiger partial charge in [-0.3, -0.25) is 9.69 Å². The Morgan fingerprint density at radius 2 is 1.73 bits per heavy atom. The molecule has 3 aromatic rings. The summed E-state index contributed by atoms with van der Waals surface area (Å²) in [6.45, 7) is 0. The van der Waals surface area contributed by atoms with Crippen LogP contribution in [-0.4, -0.2) is 38.8 Å². The quantitative estimate of drug-likeness (QED) is 0.713. The lowest BCUT2D eigenvalue weighted by Gasteiger charge is -2.26. The fourth-order valence-corrected chi connectivity index (χ4v) is 3.31. The molecule has 1 aliphatic heterocycles. The number of aromatic nitrogens is 3. The summed E-state index contributed by atoms with van der Waals surface area (Å²) in [7, 11) is 1.41. The monoisotopic (exact) mass is 412 g/mol. The lowest BCUT2D eigenvalue weighted by Crippen LogP contribution is -2.41. The molecule has 1 amide bonds. The molecule has 0 radical (unpaired) electrons. The van der Waals surface area contributed by atoms with Gasteiger partial charge in [-0.1, -0.05) is 24.3 Å². The highest BCUT2D eigenvalue weighted by Gasteiger charge is 2.51. The Morgan fingerprint density at radius 3 is 2.37 bits per heavy atom. The molecule has 2 aromatic heterocycles. The molecular formula is C20H15F3N6O. The number of nitrogens with zero attached hydrogens (tertiary/aromatic N) is 5. The van der Waals surface area contributed by atoms with E-state index in [9.17, 15) is 18.0 Å². The third-order valence-electron chi connectivity index (χ3n) is 4.82. The molecule has 4 rings (SSSR count). The normalized spacial score (nSPS) is 19.1. The van der Waals surface area contributed by atoms with Crippen molar-refractivity contribution in [2.75, 3.05) is 7.05 Å². The minimum Gasteiger partial charge on any atom is -0.369 e. The fourth-order valence-electron chi connectivity index (χ4n) is 3.31. The average Bonchev–Trinajstić information content (AvgIpc) is 2.99. The van der Waals surface area contributed by atoms with Crippen LogP contribution in [0.4, 0.5) is 13.2 Å². The first-order valence-corrected chi connectivity index (χ1v) is 8.77. The maximum Gasteiger partial charge on any atom is 0.433 e. The Bertz CT molecular complexity index is 1150. The molecule has 1 aromatic carbocycles. The zero-order chi connectivity index (χ0) is 21.5. The highest BCUT2D eigenvalue weighted by Crippen LogP contribution is 2.40. The van der Waals surface area contributed by atoms with E-state index in [1.54, 1.807) is 36.7 Å². The first kappa shape index (κ1) is 19.5. The van der Waals surface area contributed by atoms with Crippen LogP contribution in [0.5, 0.6) is 0 Å². The number of carbonyl (C=O) groups excluding carboxylic acids is 1. The minimum absolute atomic E-state index is 0.118. The highest BCUT2D eigenvalue weighted by atomic mass is 19.4. The summed E-state index contributed by atoms with van der Waals surface area (Å²) < 4.78 is 39.9. The van der Waals surface area contributed by atoms with Crippen molar-refractivity contribution in [1.82, 2.24) is 19.9 Å². The van der Waals surface area contributed by atoms with Crippen molar-refractivity contribution >= 4 is 11.9 Å². The summed E-state index contributed by atoms with van der Waals surface area (Å²) in [5.74, 6) is -0.721. The zero-order valence-corrected chi connectivity index (χ0v) is 15.6. The molecule has 0 saturated carbocycles. The first-order valence-electron chi connectivity index (χ1n) is 8.77. The molecule has 0 fully saturated rings. The molecule has 0 bridgehead atoms. The van der Waals surface area contributed by atoms with Crippen molar-refractivity contribution in [2.24, 2.45) is 10.7 Å². The van der Waals surface area contributed by atoms with Crippen LogP contribution in [0.15, 0.2) is 66.2 Å². The van der Waals surface area contributed by atoms with Gasteiger partial charge < -0.3 is 5.73 Å². The predicted octanol–water partition coefficient (Wildman–Crippen LogP) is 2.59. The number of aliphatic imine (C=N–C) groups is 1. The largest absolute Gasteiger partial charge is 0.433 e. The van der Waals surface area contributed by atoms with Gasteiger partial charge in [0.05, 0.1) is 5.69 Å². The van der Waals surface area contributed by atoms with Crippen LogP contribution in [0.25, 0.3) is 11.1 Å². The smallest absolute Gasteiger partial charge is 0.369 e. The molecule has 1 unspecified atom stereocenters. The third-order valence-corrected chi connectivity index (χ3v) is 4.82. The molecule has 3 heterocycles. The molecule has 30 heavy (non-hydrogen) atoms. The predicted molar refractivity (Wildman–Crippen MR) is 102 cm³/mol. The summed E-state index contributed by atoms with van der Waals surface area (Å²) in [5.41, 5.74) is 4.40. The van der Waals surface area contributed by atoms with E-state index in [-0.39, 0.29) is 11.7 Å². The molecule has 0 aliphatic carbocycles. The number of alkyl halides is 3. The Morgan fingerprint density at radius 1 is 1.03 bits per heavy atom. The number of guanidine groups is 1. The van der Waals surface area contributed by atoms with Crippen LogP contribution in [0.1, 0.15) is 17.0 Å². The molecular weight excluding hydrogens is 397 g/mol. The van der Waals surface area contributed by atoms with Crippen LogP contribution < -0.4 is 5.73 Å². The van der Waals surface area contributed by atoms with Crippen LogP contribution >= 0.6 is 0 Å². The summed E-state index contributed by atoms with van der Waals surface area (Å²) in [5, 5.41) is 0. The molecule has 10 heteroatoms. The Labute approximate surface area is 169 Å². The van der Waals surface area contributed by atoms with Gasteiger partial charge in [0.1, 0.15) is 12.0 Å². The maximum atomic E-state index is 13.3. The summed E-state index contributed by atoms with van der Waals surface area (Å²) in [6.07, 6.45) is -0.131. The van der Waals surface area contributed by atoms with Crippen molar-refractivity contribution in [3.8, 4) is 11.1 Å². The van der Waals surface area contributed by atoms with Gasteiger partial charge in [-0.05, 0) is 29.3 Å².